The highest BCUT2D eigenvalue weighted by molar-refractivity contribution is 5.82. The Morgan fingerprint density at radius 2 is 1.63 bits per heavy atom. The van der Waals surface area contributed by atoms with Crippen molar-refractivity contribution in [3.63, 3.8) is 0 Å². The molecule has 10 nitrogen and oxygen atoms in total. The lowest BCUT2D eigenvalue weighted by molar-refractivity contribution is -0.122. The van der Waals surface area contributed by atoms with Gasteiger partial charge in [0.2, 0.25) is 11.8 Å². The van der Waals surface area contributed by atoms with E-state index in [1.807, 2.05) is 97.1 Å². The first-order valence-corrected chi connectivity index (χ1v) is 14.9. The van der Waals surface area contributed by atoms with E-state index in [1.165, 1.54) is 10.8 Å². The Hall–Kier alpha value is -6.03. The molecule has 0 aliphatic carbocycles. The number of primary amides is 1. The Morgan fingerprint density at radius 1 is 0.913 bits per heavy atom. The second kappa shape index (κ2) is 13.7. The Balaban J connectivity index is 1.21. The summed E-state index contributed by atoms with van der Waals surface area (Å²) in [5, 5.41) is 3.80. The van der Waals surface area contributed by atoms with Crippen LogP contribution in [0.3, 0.4) is 0 Å². The summed E-state index contributed by atoms with van der Waals surface area (Å²) in [4.78, 5) is 51.8. The predicted molar refractivity (Wildman–Crippen MR) is 175 cm³/mol. The van der Waals surface area contributed by atoms with Crippen LogP contribution in [0.1, 0.15) is 29.2 Å². The number of carbonyl (C=O) groups excluding carboxylic acids is 2. The fourth-order valence-corrected chi connectivity index (χ4v) is 5.34. The van der Waals surface area contributed by atoms with Crippen LogP contribution in [0.4, 0.5) is 0 Å². The van der Waals surface area contributed by atoms with Crippen LogP contribution in [0.2, 0.25) is 0 Å². The quantitative estimate of drug-likeness (QED) is 0.175. The molecule has 10 heteroatoms. The summed E-state index contributed by atoms with van der Waals surface area (Å²) in [5.41, 5.74) is 8.81. The molecule has 3 aromatic heterocycles. The highest BCUT2D eigenvalue weighted by Gasteiger charge is 2.25. The van der Waals surface area contributed by atoms with Crippen LogP contribution in [-0.2, 0) is 29.1 Å². The molecule has 0 saturated heterocycles. The van der Waals surface area contributed by atoms with E-state index in [0.29, 0.717) is 23.6 Å². The summed E-state index contributed by atoms with van der Waals surface area (Å²) >= 11 is 0. The number of aromatic amines is 1. The molecule has 3 aromatic carbocycles. The van der Waals surface area contributed by atoms with Crippen molar-refractivity contribution in [1.82, 2.24) is 24.8 Å². The molecule has 0 aliphatic rings. The van der Waals surface area contributed by atoms with Crippen molar-refractivity contribution in [2.24, 2.45) is 5.73 Å². The van der Waals surface area contributed by atoms with Gasteiger partial charge in [-0.2, -0.15) is 0 Å². The van der Waals surface area contributed by atoms with Gasteiger partial charge in [-0.3, -0.25) is 23.9 Å². The number of pyridine rings is 1. The normalized spacial score (nSPS) is 11.7. The standard InChI is InChI=1S/C36H32N6O4/c37-34(44)30(16-13-24-11-14-29(15-12-24)46-28-9-5-2-6-10-28)31-22-40-35(25-7-3-1-4-8-25)42(36(31)45)23-33(43)39-21-27-19-26-20-38-18-17-32(26)41-27/h1-12,14-15,17-20,22,30,41H,13,16,21,23H2,(H2,37,44)(H,39,43). The second-order valence-corrected chi connectivity index (χ2v) is 10.9. The molecule has 0 radical (unpaired) electrons. The Kier molecular flexibility index (Phi) is 8.96. The predicted octanol–water partition coefficient (Wildman–Crippen LogP) is 5.10. The number of amides is 2. The van der Waals surface area contributed by atoms with Gasteiger partial charge in [-0.25, -0.2) is 4.98 Å². The van der Waals surface area contributed by atoms with Crippen LogP contribution in [0.15, 0.2) is 120 Å². The number of carbonyl (C=O) groups is 2. The number of aromatic nitrogens is 4. The number of ether oxygens (including phenoxy) is 1. The largest absolute Gasteiger partial charge is 0.457 e. The van der Waals surface area contributed by atoms with Crippen molar-refractivity contribution in [2.75, 3.05) is 0 Å². The number of para-hydroxylation sites is 1. The molecule has 2 amide bonds. The first-order valence-electron chi connectivity index (χ1n) is 14.9. The van der Waals surface area contributed by atoms with Crippen LogP contribution in [-0.4, -0.2) is 31.3 Å². The van der Waals surface area contributed by atoms with Crippen molar-refractivity contribution in [3.8, 4) is 22.9 Å². The molecule has 0 saturated carbocycles. The number of H-pyrrole nitrogens is 1. The third-order valence-corrected chi connectivity index (χ3v) is 7.70. The molecule has 6 rings (SSSR count). The molecule has 46 heavy (non-hydrogen) atoms. The molecule has 1 atom stereocenters. The Morgan fingerprint density at radius 3 is 2.35 bits per heavy atom. The lowest BCUT2D eigenvalue weighted by Crippen LogP contribution is -2.37. The lowest BCUT2D eigenvalue weighted by atomic mass is 9.93. The highest BCUT2D eigenvalue weighted by Crippen LogP contribution is 2.25. The van der Waals surface area contributed by atoms with Gasteiger partial charge in [-0.05, 0) is 54.8 Å². The van der Waals surface area contributed by atoms with E-state index in [2.05, 4.69) is 20.3 Å². The summed E-state index contributed by atoms with van der Waals surface area (Å²) in [7, 11) is 0. The summed E-state index contributed by atoms with van der Waals surface area (Å²) in [5.74, 6) is -0.193. The van der Waals surface area contributed by atoms with E-state index < -0.39 is 17.4 Å². The van der Waals surface area contributed by atoms with Crippen LogP contribution >= 0.6 is 0 Å². The zero-order chi connectivity index (χ0) is 31.9. The minimum absolute atomic E-state index is 0.145. The molecule has 6 aromatic rings. The number of fused-ring (bicyclic) bond motifs is 1. The van der Waals surface area contributed by atoms with Gasteiger partial charge in [0.25, 0.3) is 5.56 Å². The first-order chi connectivity index (χ1) is 22.4. The Bertz CT molecular complexity index is 1990. The third kappa shape index (κ3) is 7.02. The van der Waals surface area contributed by atoms with Gasteiger partial charge in [0.15, 0.2) is 0 Å². The van der Waals surface area contributed by atoms with Crippen molar-refractivity contribution < 1.29 is 14.3 Å². The minimum Gasteiger partial charge on any atom is -0.457 e. The van der Waals surface area contributed by atoms with Crippen molar-refractivity contribution in [1.29, 1.82) is 0 Å². The molecular weight excluding hydrogens is 580 g/mol. The van der Waals surface area contributed by atoms with E-state index in [0.717, 1.165) is 27.9 Å². The van der Waals surface area contributed by atoms with E-state index in [-0.39, 0.29) is 31.0 Å². The number of hydrogen-bond donors (Lipinski definition) is 3. The van der Waals surface area contributed by atoms with Crippen molar-refractivity contribution in [2.45, 2.75) is 31.8 Å². The lowest BCUT2D eigenvalue weighted by Gasteiger charge is -2.18. The fourth-order valence-electron chi connectivity index (χ4n) is 5.34. The molecule has 1 unspecified atom stereocenters. The van der Waals surface area contributed by atoms with Gasteiger partial charge in [0, 0.05) is 46.3 Å². The maximum Gasteiger partial charge on any atom is 0.258 e. The number of nitrogens with one attached hydrogen (secondary N) is 2. The minimum atomic E-state index is -0.903. The average molecular weight is 613 g/mol. The zero-order valence-electron chi connectivity index (χ0n) is 24.9. The van der Waals surface area contributed by atoms with E-state index in [4.69, 9.17) is 10.5 Å². The van der Waals surface area contributed by atoms with E-state index >= 15 is 0 Å². The number of aryl methyl sites for hydroxylation is 1. The number of benzene rings is 3. The topological polar surface area (TPSA) is 145 Å². The van der Waals surface area contributed by atoms with Gasteiger partial charge in [0.05, 0.1) is 12.5 Å². The van der Waals surface area contributed by atoms with Gasteiger partial charge in [-0.1, -0.05) is 60.7 Å². The zero-order valence-corrected chi connectivity index (χ0v) is 24.9. The monoisotopic (exact) mass is 612 g/mol. The fraction of sp³-hybridized carbons (Fsp3) is 0.139. The average Bonchev–Trinajstić information content (AvgIpc) is 3.50. The summed E-state index contributed by atoms with van der Waals surface area (Å²) in [6.07, 6.45) is 5.61. The summed E-state index contributed by atoms with van der Waals surface area (Å²) < 4.78 is 7.17. The molecular formula is C36H32N6O4. The van der Waals surface area contributed by atoms with E-state index in [9.17, 15) is 14.4 Å². The summed E-state index contributed by atoms with van der Waals surface area (Å²) in [6, 6.07) is 29.9. The molecule has 4 N–H and O–H groups in total. The van der Waals surface area contributed by atoms with Gasteiger partial charge in [-0.15, -0.1) is 0 Å². The SMILES string of the molecule is NC(=O)C(CCc1ccc(Oc2ccccc2)cc1)c1cnc(-c2ccccc2)n(CC(=O)NCc2cc3cnccc3[nH]2)c1=O. The number of hydrogen-bond acceptors (Lipinski definition) is 6. The highest BCUT2D eigenvalue weighted by atomic mass is 16.5. The molecule has 0 bridgehead atoms. The van der Waals surface area contributed by atoms with Gasteiger partial charge < -0.3 is 20.8 Å². The number of rotatable bonds is 12. The summed E-state index contributed by atoms with van der Waals surface area (Å²) in [6.45, 7) is -0.0603. The smallest absolute Gasteiger partial charge is 0.258 e. The Labute approximate surface area is 264 Å². The number of nitrogens with two attached hydrogens (primary N) is 1. The van der Waals surface area contributed by atoms with Crippen molar-refractivity contribution >= 4 is 22.7 Å². The van der Waals surface area contributed by atoms with Gasteiger partial charge in [0.1, 0.15) is 23.9 Å². The first kappa shape index (κ1) is 30.0. The third-order valence-electron chi connectivity index (χ3n) is 7.70. The van der Waals surface area contributed by atoms with E-state index in [1.54, 1.807) is 12.4 Å². The molecule has 0 spiro atoms. The molecule has 0 fully saturated rings. The molecule has 230 valence electrons. The van der Waals surface area contributed by atoms with Crippen LogP contribution in [0, 0.1) is 0 Å². The molecule has 3 heterocycles. The maximum absolute atomic E-state index is 14.0. The van der Waals surface area contributed by atoms with Crippen molar-refractivity contribution in [3.05, 3.63) is 143 Å². The van der Waals surface area contributed by atoms with Gasteiger partial charge >= 0.3 is 0 Å². The maximum atomic E-state index is 14.0. The molecule has 0 aliphatic heterocycles. The van der Waals surface area contributed by atoms with Crippen LogP contribution < -0.4 is 21.3 Å². The van der Waals surface area contributed by atoms with Crippen LogP contribution in [0.25, 0.3) is 22.3 Å². The van der Waals surface area contributed by atoms with Crippen LogP contribution in [0.5, 0.6) is 11.5 Å². The second-order valence-electron chi connectivity index (χ2n) is 10.9. The number of nitrogens with zero attached hydrogens (tertiary/aromatic N) is 3.